The van der Waals surface area contributed by atoms with Gasteiger partial charge in [0.25, 0.3) is 10.1 Å². The van der Waals surface area contributed by atoms with Gasteiger partial charge in [-0.3, -0.25) is 4.18 Å². The summed E-state index contributed by atoms with van der Waals surface area (Å²) in [6.07, 6.45) is -2.28. The average Bonchev–Trinajstić information content (AvgIpc) is 2.73. The molecule has 2 atom stereocenters. The second kappa shape index (κ2) is 5.96. The van der Waals surface area contributed by atoms with Gasteiger partial charge in [0, 0.05) is 0 Å². The van der Waals surface area contributed by atoms with Gasteiger partial charge in [0.2, 0.25) is 0 Å². The summed E-state index contributed by atoms with van der Waals surface area (Å²) in [5, 5.41) is 9.08. The lowest BCUT2D eigenvalue weighted by Crippen LogP contribution is -2.35. The van der Waals surface area contributed by atoms with Crippen LogP contribution in [0.2, 0.25) is 0 Å². The number of carbonyl (C=O) groups is 1. The quantitative estimate of drug-likeness (QED) is 0.812. The summed E-state index contributed by atoms with van der Waals surface area (Å²) in [4.78, 5) is 11.1. The molecule has 7 nitrogen and oxygen atoms in total. The molecule has 0 aliphatic carbocycles. The lowest BCUT2D eigenvalue weighted by molar-refractivity contribution is -0.166. The van der Waals surface area contributed by atoms with Crippen molar-refractivity contribution in [1.82, 2.24) is 0 Å². The zero-order valence-electron chi connectivity index (χ0n) is 12.5. The SMILES string of the molecule is Cc1ccc(S(=O)(=O)OC[C@@H]2OC(C)(C)O[C@H]2C(=O)O)cc1. The molecule has 0 radical (unpaired) electrons. The van der Waals surface area contributed by atoms with E-state index in [2.05, 4.69) is 0 Å². The molecule has 1 N–H and O–H groups in total. The zero-order valence-corrected chi connectivity index (χ0v) is 13.3. The van der Waals surface area contributed by atoms with Crippen LogP contribution in [0.15, 0.2) is 29.2 Å². The van der Waals surface area contributed by atoms with Crippen LogP contribution in [0.5, 0.6) is 0 Å². The summed E-state index contributed by atoms with van der Waals surface area (Å²) >= 11 is 0. The monoisotopic (exact) mass is 330 g/mol. The highest BCUT2D eigenvalue weighted by atomic mass is 32.2. The van der Waals surface area contributed by atoms with Gasteiger partial charge in [-0.25, -0.2) is 4.79 Å². The summed E-state index contributed by atoms with van der Waals surface area (Å²) in [6.45, 7) is 4.51. The van der Waals surface area contributed by atoms with Gasteiger partial charge >= 0.3 is 5.97 Å². The van der Waals surface area contributed by atoms with Gasteiger partial charge < -0.3 is 14.6 Å². The third-order valence-electron chi connectivity index (χ3n) is 3.12. The van der Waals surface area contributed by atoms with E-state index in [1.165, 1.54) is 12.1 Å². The van der Waals surface area contributed by atoms with E-state index in [0.717, 1.165) is 5.56 Å². The molecule has 1 aromatic rings. The summed E-state index contributed by atoms with van der Waals surface area (Å²) in [5.74, 6) is -2.34. The van der Waals surface area contributed by atoms with Gasteiger partial charge in [0.1, 0.15) is 6.10 Å². The topological polar surface area (TPSA) is 99.1 Å². The molecular weight excluding hydrogens is 312 g/mol. The molecule has 1 aliphatic heterocycles. The Balaban J connectivity index is 2.08. The number of ether oxygens (including phenoxy) is 2. The van der Waals surface area contributed by atoms with E-state index >= 15 is 0 Å². The zero-order chi connectivity index (χ0) is 16.5. The maximum absolute atomic E-state index is 12.1. The van der Waals surface area contributed by atoms with Gasteiger partial charge in [-0.15, -0.1) is 0 Å². The molecule has 0 unspecified atom stereocenters. The second-order valence-electron chi connectivity index (χ2n) is 5.48. The molecule has 1 heterocycles. The molecule has 1 aliphatic rings. The lowest BCUT2D eigenvalue weighted by Gasteiger charge is -2.16. The first-order valence-electron chi connectivity index (χ1n) is 6.65. The van der Waals surface area contributed by atoms with Crippen molar-refractivity contribution in [2.75, 3.05) is 6.61 Å². The minimum Gasteiger partial charge on any atom is -0.479 e. The fourth-order valence-corrected chi connectivity index (χ4v) is 3.02. The van der Waals surface area contributed by atoms with Crippen LogP contribution in [0.25, 0.3) is 0 Å². The molecule has 0 spiro atoms. The molecule has 1 saturated heterocycles. The minimum atomic E-state index is -3.98. The van der Waals surface area contributed by atoms with Gasteiger partial charge in [-0.2, -0.15) is 8.42 Å². The van der Waals surface area contributed by atoms with Crippen molar-refractivity contribution in [3.05, 3.63) is 29.8 Å². The van der Waals surface area contributed by atoms with Crippen molar-refractivity contribution in [3.8, 4) is 0 Å². The highest BCUT2D eigenvalue weighted by Crippen LogP contribution is 2.29. The highest BCUT2D eigenvalue weighted by Gasteiger charge is 2.46. The van der Waals surface area contributed by atoms with E-state index in [1.54, 1.807) is 26.0 Å². The van der Waals surface area contributed by atoms with Crippen LogP contribution < -0.4 is 0 Å². The Kier molecular flexibility index (Phi) is 4.57. The first kappa shape index (κ1) is 16.9. The summed E-state index contributed by atoms with van der Waals surface area (Å²) in [5.41, 5.74) is 0.916. The predicted molar refractivity (Wildman–Crippen MR) is 75.8 cm³/mol. The summed E-state index contributed by atoms with van der Waals surface area (Å²) < 4.78 is 39.7. The molecule has 122 valence electrons. The second-order valence-corrected chi connectivity index (χ2v) is 7.10. The van der Waals surface area contributed by atoms with Crippen molar-refractivity contribution < 1.29 is 32.0 Å². The van der Waals surface area contributed by atoms with E-state index in [1.807, 2.05) is 6.92 Å². The van der Waals surface area contributed by atoms with Crippen LogP contribution >= 0.6 is 0 Å². The number of aliphatic carboxylic acids is 1. The summed E-state index contributed by atoms with van der Waals surface area (Å²) in [7, 11) is -3.98. The summed E-state index contributed by atoms with van der Waals surface area (Å²) in [6, 6.07) is 6.15. The minimum absolute atomic E-state index is 0.00292. The van der Waals surface area contributed by atoms with Crippen LogP contribution in [-0.4, -0.2) is 44.1 Å². The van der Waals surface area contributed by atoms with Gasteiger partial charge in [-0.1, -0.05) is 17.7 Å². The van der Waals surface area contributed by atoms with E-state index in [0.29, 0.717) is 0 Å². The molecule has 0 saturated carbocycles. The van der Waals surface area contributed by atoms with Crippen LogP contribution in [0.4, 0.5) is 0 Å². The lowest BCUT2D eigenvalue weighted by atomic mass is 10.2. The Morgan fingerprint density at radius 2 is 1.86 bits per heavy atom. The van der Waals surface area contributed by atoms with Crippen LogP contribution in [0.1, 0.15) is 19.4 Å². The largest absolute Gasteiger partial charge is 0.479 e. The van der Waals surface area contributed by atoms with E-state index in [4.69, 9.17) is 18.8 Å². The van der Waals surface area contributed by atoms with Crippen LogP contribution in [-0.2, 0) is 28.6 Å². The Morgan fingerprint density at radius 3 is 2.41 bits per heavy atom. The molecule has 8 heteroatoms. The van der Waals surface area contributed by atoms with Gasteiger partial charge in [0.05, 0.1) is 11.5 Å². The molecule has 0 aromatic heterocycles. The highest BCUT2D eigenvalue weighted by molar-refractivity contribution is 7.86. The molecule has 22 heavy (non-hydrogen) atoms. The third-order valence-corrected chi connectivity index (χ3v) is 4.42. The Bertz CT molecular complexity index is 648. The Morgan fingerprint density at radius 1 is 1.27 bits per heavy atom. The number of aryl methyl sites for hydroxylation is 1. The van der Waals surface area contributed by atoms with E-state index in [-0.39, 0.29) is 4.90 Å². The van der Waals surface area contributed by atoms with Crippen molar-refractivity contribution in [3.63, 3.8) is 0 Å². The fraction of sp³-hybridized carbons (Fsp3) is 0.500. The van der Waals surface area contributed by atoms with Crippen LogP contribution in [0, 0.1) is 6.92 Å². The first-order valence-corrected chi connectivity index (χ1v) is 8.06. The average molecular weight is 330 g/mol. The van der Waals surface area contributed by atoms with Gasteiger partial charge in [-0.05, 0) is 32.9 Å². The first-order chi connectivity index (χ1) is 10.1. The maximum Gasteiger partial charge on any atom is 0.335 e. The molecule has 0 bridgehead atoms. The van der Waals surface area contributed by atoms with Gasteiger partial charge in [0.15, 0.2) is 11.9 Å². The van der Waals surface area contributed by atoms with Crippen molar-refractivity contribution in [2.24, 2.45) is 0 Å². The van der Waals surface area contributed by atoms with E-state index < -0.39 is 40.7 Å². The standard InChI is InChI=1S/C14H18O7S/c1-9-4-6-10(7-5-9)22(17,18)19-8-11-12(13(15)16)21-14(2,3)20-11/h4-7,11-12H,8H2,1-3H3,(H,15,16)/t11-,12+/m0/s1. The maximum atomic E-state index is 12.1. The van der Waals surface area contributed by atoms with Crippen LogP contribution in [0.3, 0.4) is 0 Å². The molecule has 1 fully saturated rings. The van der Waals surface area contributed by atoms with Crippen molar-refractivity contribution in [1.29, 1.82) is 0 Å². The number of carboxylic acid groups (broad SMARTS) is 1. The predicted octanol–water partition coefficient (Wildman–Crippen LogP) is 1.31. The smallest absolute Gasteiger partial charge is 0.335 e. The number of carboxylic acids is 1. The normalized spacial score (nSPS) is 24.3. The number of hydrogen-bond donors (Lipinski definition) is 1. The number of rotatable bonds is 5. The molecule has 2 rings (SSSR count). The number of hydrogen-bond acceptors (Lipinski definition) is 6. The van der Waals surface area contributed by atoms with Crippen molar-refractivity contribution >= 4 is 16.1 Å². The number of benzene rings is 1. The molecule has 1 aromatic carbocycles. The molecular formula is C14H18O7S. The van der Waals surface area contributed by atoms with E-state index in [9.17, 15) is 13.2 Å². The Labute approximate surface area is 128 Å². The molecule has 0 amide bonds. The third kappa shape index (κ3) is 3.83. The Hall–Kier alpha value is -1.48. The fourth-order valence-electron chi connectivity index (χ4n) is 2.10. The van der Waals surface area contributed by atoms with Crippen molar-refractivity contribution in [2.45, 2.75) is 43.7 Å².